The molecule has 0 radical (unpaired) electrons. The highest BCUT2D eigenvalue weighted by molar-refractivity contribution is 5.21. The molecule has 15 heavy (non-hydrogen) atoms. The van der Waals surface area contributed by atoms with Crippen LogP contribution in [0.15, 0.2) is 30.3 Å². The van der Waals surface area contributed by atoms with E-state index < -0.39 is 0 Å². The fourth-order valence-corrected chi connectivity index (χ4v) is 2.41. The largest absolute Gasteiger partial charge is 0.313 e. The maximum absolute atomic E-state index is 3.64. The lowest BCUT2D eigenvalue weighted by atomic mass is 9.90. The summed E-state index contributed by atoms with van der Waals surface area (Å²) in [6, 6.07) is 11.5. The lowest BCUT2D eigenvalue weighted by Gasteiger charge is -2.25. The molecule has 0 heterocycles. The van der Waals surface area contributed by atoms with E-state index in [0.29, 0.717) is 12.0 Å². The third kappa shape index (κ3) is 2.60. The van der Waals surface area contributed by atoms with Crippen molar-refractivity contribution in [1.29, 1.82) is 0 Å². The number of likely N-dealkylation sites (N-methyl/N-ethyl adjacent to an activating group) is 1. The van der Waals surface area contributed by atoms with Gasteiger partial charge in [-0.25, -0.2) is 0 Å². The molecule has 1 saturated carbocycles. The summed E-state index contributed by atoms with van der Waals surface area (Å²) < 4.78 is 0. The molecule has 2 rings (SSSR count). The van der Waals surface area contributed by atoms with Crippen LogP contribution >= 0.6 is 0 Å². The highest BCUT2D eigenvalue weighted by atomic mass is 14.9. The first-order chi connectivity index (χ1) is 7.33. The summed E-state index contributed by atoms with van der Waals surface area (Å²) in [5.41, 5.74) is 1.47. The van der Waals surface area contributed by atoms with E-state index in [1.54, 1.807) is 0 Å². The molecule has 1 aromatic carbocycles. The summed E-state index contributed by atoms with van der Waals surface area (Å²) in [6.07, 6.45) is 2.82. The minimum atomic E-state index is 0.638. The van der Waals surface area contributed by atoms with Crippen LogP contribution in [-0.4, -0.2) is 12.6 Å². The highest BCUT2D eigenvalue weighted by Gasteiger charge is 2.34. The van der Waals surface area contributed by atoms with Crippen molar-refractivity contribution in [2.45, 2.75) is 38.6 Å². The van der Waals surface area contributed by atoms with Crippen molar-refractivity contribution in [2.24, 2.45) is 5.92 Å². The quantitative estimate of drug-likeness (QED) is 0.775. The maximum atomic E-state index is 3.64. The zero-order valence-corrected chi connectivity index (χ0v) is 9.74. The maximum Gasteiger partial charge on any atom is 0.0161 e. The molecule has 0 spiro atoms. The first-order valence-corrected chi connectivity index (χ1v) is 6.11. The van der Waals surface area contributed by atoms with Gasteiger partial charge in [-0.05, 0) is 36.8 Å². The molecular formula is C14H21N. The van der Waals surface area contributed by atoms with Crippen molar-refractivity contribution in [3.63, 3.8) is 0 Å². The van der Waals surface area contributed by atoms with E-state index in [1.807, 2.05) is 0 Å². The molecule has 0 aromatic heterocycles. The van der Waals surface area contributed by atoms with Crippen LogP contribution < -0.4 is 5.32 Å². The molecule has 1 N–H and O–H groups in total. The zero-order valence-electron chi connectivity index (χ0n) is 9.74. The van der Waals surface area contributed by atoms with Crippen molar-refractivity contribution >= 4 is 0 Å². The van der Waals surface area contributed by atoms with E-state index >= 15 is 0 Å². The third-order valence-corrected chi connectivity index (χ3v) is 3.43. The monoisotopic (exact) mass is 203 g/mol. The average molecular weight is 203 g/mol. The fourth-order valence-electron chi connectivity index (χ4n) is 2.41. The molecule has 82 valence electrons. The minimum absolute atomic E-state index is 0.638. The van der Waals surface area contributed by atoms with Gasteiger partial charge < -0.3 is 5.32 Å². The Labute approximate surface area is 92.9 Å². The van der Waals surface area contributed by atoms with Gasteiger partial charge in [0.05, 0.1) is 0 Å². The first kappa shape index (κ1) is 10.7. The van der Waals surface area contributed by atoms with Gasteiger partial charge in [-0.2, -0.15) is 0 Å². The van der Waals surface area contributed by atoms with Gasteiger partial charge in [0.2, 0.25) is 0 Å². The van der Waals surface area contributed by atoms with E-state index in [4.69, 9.17) is 0 Å². The van der Waals surface area contributed by atoms with E-state index in [-0.39, 0.29) is 0 Å². The van der Waals surface area contributed by atoms with Gasteiger partial charge in [0.25, 0.3) is 0 Å². The van der Waals surface area contributed by atoms with Crippen LogP contribution in [-0.2, 0) is 0 Å². The summed E-state index contributed by atoms with van der Waals surface area (Å²) in [5.74, 6) is 1.55. The number of hydrogen-bond acceptors (Lipinski definition) is 1. The molecular weight excluding hydrogens is 182 g/mol. The predicted octanol–water partition coefficient (Wildman–Crippen LogP) is 3.18. The first-order valence-electron chi connectivity index (χ1n) is 6.11. The Balaban J connectivity index is 2.07. The van der Waals surface area contributed by atoms with Crippen molar-refractivity contribution in [3.8, 4) is 0 Å². The van der Waals surface area contributed by atoms with Crippen LogP contribution in [0.25, 0.3) is 0 Å². The number of rotatable bonds is 5. The second-order valence-corrected chi connectivity index (χ2v) is 4.62. The lowest BCUT2D eigenvalue weighted by Crippen LogP contribution is -2.35. The number of nitrogens with one attached hydrogen (secondary N) is 1. The number of hydrogen-bond donors (Lipinski definition) is 1. The molecule has 2 unspecified atom stereocenters. The summed E-state index contributed by atoms with van der Waals surface area (Å²) >= 11 is 0. The van der Waals surface area contributed by atoms with Gasteiger partial charge in [-0.15, -0.1) is 0 Å². The van der Waals surface area contributed by atoms with Crippen LogP contribution in [0.3, 0.4) is 0 Å². The van der Waals surface area contributed by atoms with Gasteiger partial charge in [0.1, 0.15) is 0 Å². The summed E-state index contributed by atoms with van der Waals surface area (Å²) in [5, 5.41) is 3.64. The summed E-state index contributed by atoms with van der Waals surface area (Å²) in [4.78, 5) is 0. The SMILES string of the molecule is CCNC(C1CC1)C(C)c1ccccc1. The Morgan fingerprint density at radius 3 is 2.47 bits per heavy atom. The highest BCUT2D eigenvalue weighted by Crippen LogP contribution is 2.38. The normalized spacial score (nSPS) is 19.9. The second kappa shape index (κ2) is 4.80. The molecule has 2 atom stereocenters. The van der Waals surface area contributed by atoms with Gasteiger partial charge in [0.15, 0.2) is 0 Å². The van der Waals surface area contributed by atoms with Crippen molar-refractivity contribution < 1.29 is 0 Å². The second-order valence-electron chi connectivity index (χ2n) is 4.62. The van der Waals surface area contributed by atoms with Crippen LogP contribution in [0.1, 0.15) is 38.2 Å². The van der Waals surface area contributed by atoms with Crippen LogP contribution in [0.4, 0.5) is 0 Å². The average Bonchev–Trinajstić information content (AvgIpc) is 3.10. The van der Waals surface area contributed by atoms with Crippen molar-refractivity contribution in [1.82, 2.24) is 5.32 Å². The molecule has 1 heteroatoms. The molecule has 0 amide bonds. The topological polar surface area (TPSA) is 12.0 Å². The molecule has 0 aliphatic heterocycles. The molecule has 1 nitrogen and oxygen atoms in total. The Morgan fingerprint density at radius 1 is 1.27 bits per heavy atom. The Kier molecular flexibility index (Phi) is 3.42. The molecule has 0 bridgehead atoms. The Hall–Kier alpha value is -0.820. The third-order valence-electron chi connectivity index (χ3n) is 3.43. The van der Waals surface area contributed by atoms with Crippen LogP contribution in [0.2, 0.25) is 0 Å². The zero-order chi connectivity index (χ0) is 10.7. The summed E-state index contributed by atoms with van der Waals surface area (Å²) in [7, 11) is 0. The smallest absolute Gasteiger partial charge is 0.0161 e. The molecule has 1 aliphatic carbocycles. The minimum Gasteiger partial charge on any atom is -0.313 e. The predicted molar refractivity (Wildman–Crippen MR) is 65.0 cm³/mol. The van der Waals surface area contributed by atoms with Crippen LogP contribution in [0, 0.1) is 5.92 Å². The number of benzene rings is 1. The van der Waals surface area contributed by atoms with Gasteiger partial charge >= 0.3 is 0 Å². The van der Waals surface area contributed by atoms with Gasteiger partial charge in [-0.1, -0.05) is 44.2 Å². The fraction of sp³-hybridized carbons (Fsp3) is 0.571. The van der Waals surface area contributed by atoms with Crippen molar-refractivity contribution in [2.75, 3.05) is 6.54 Å². The standard InChI is InChI=1S/C14H21N/c1-3-15-14(13-9-10-13)11(2)12-7-5-4-6-8-12/h4-8,11,13-15H,3,9-10H2,1-2H3. The van der Waals surface area contributed by atoms with E-state index in [2.05, 4.69) is 49.5 Å². The molecule has 1 aliphatic rings. The summed E-state index contributed by atoms with van der Waals surface area (Å²) in [6.45, 7) is 5.63. The van der Waals surface area contributed by atoms with Gasteiger partial charge in [-0.3, -0.25) is 0 Å². The molecule has 1 fully saturated rings. The Bertz CT molecular complexity index is 289. The van der Waals surface area contributed by atoms with Crippen molar-refractivity contribution in [3.05, 3.63) is 35.9 Å². The lowest BCUT2D eigenvalue weighted by molar-refractivity contribution is 0.416. The van der Waals surface area contributed by atoms with Gasteiger partial charge in [0, 0.05) is 6.04 Å². The van der Waals surface area contributed by atoms with E-state index in [1.165, 1.54) is 18.4 Å². The molecule has 1 aromatic rings. The van der Waals surface area contributed by atoms with Crippen LogP contribution in [0.5, 0.6) is 0 Å². The van der Waals surface area contributed by atoms with E-state index in [0.717, 1.165) is 12.5 Å². The molecule has 0 saturated heterocycles. The Morgan fingerprint density at radius 2 is 1.93 bits per heavy atom. The van der Waals surface area contributed by atoms with E-state index in [9.17, 15) is 0 Å².